The van der Waals surface area contributed by atoms with Crippen molar-refractivity contribution in [1.82, 2.24) is 14.8 Å². The molecular formula is C21H35N5O. The Morgan fingerprint density at radius 2 is 1.70 bits per heavy atom. The van der Waals surface area contributed by atoms with E-state index < -0.39 is 0 Å². The summed E-state index contributed by atoms with van der Waals surface area (Å²) in [6.07, 6.45) is 1.95. The standard InChI is InChI=1S/C21H35N5O/c1-16(27)25-8-6-18(7-9-25)22-19-14-17(21(2,3)4)15-20(23-19)26-12-10-24(5)11-13-26/h14-15,18H,6-13H2,1-5H3,(H,22,23). The number of likely N-dealkylation sites (tertiary alicyclic amines) is 1. The summed E-state index contributed by atoms with van der Waals surface area (Å²) in [6, 6.07) is 4.84. The van der Waals surface area contributed by atoms with Crippen molar-refractivity contribution in [2.45, 2.75) is 52.0 Å². The number of carbonyl (C=O) groups excluding carboxylic acids is 1. The summed E-state index contributed by atoms with van der Waals surface area (Å²) in [4.78, 5) is 23.2. The van der Waals surface area contributed by atoms with Crippen LogP contribution in [0.15, 0.2) is 12.1 Å². The number of carbonyl (C=O) groups is 1. The number of piperazine rings is 1. The van der Waals surface area contributed by atoms with Crippen LogP contribution >= 0.6 is 0 Å². The van der Waals surface area contributed by atoms with Crippen LogP contribution in [0.1, 0.15) is 46.1 Å². The molecule has 0 radical (unpaired) electrons. The second-order valence-electron chi connectivity index (χ2n) is 9.06. The van der Waals surface area contributed by atoms with Gasteiger partial charge in [-0.25, -0.2) is 4.98 Å². The van der Waals surface area contributed by atoms with Crippen LogP contribution in [-0.4, -0.2) is 73.0 Å². The Labute approximate surface area is 163 Å². The SMILES string of the molecule is CC(=O)N1CCC(Nc2cc(C(C)(C)C)cc(N3CCN(C)CC3)n2)CC1. The summed E-state index contributed by atoms with van der Waals surface area (Å²) < 4.78 is 0. The smallest absolute Gasteiger partial charge is 0.219 e. The van der Waals surface area contributed by atoms with Crippen LogP contribution in [0, 0.1) is 0 Å². The van der Waals surface area contributed by atoms with Gasteiger partial charge < -0.3 is 20.0 Å². The van der Waals surface area contributed by atoms with Crippen molar-refractivity contribution < 1.29 is 4.79 Å². The first-order chi connectivity index (χ1) is 12.7. The molecule has 2 aliphatic rings. The normalized spacial score (nSPS) is 20.0. The molecule has 3 heterocycles. The number of piperidine rings is 1. The fraction of sp³-hybridized carbons (Fsp3) is 0.714. The van der Waals surface area contributed by atoms with Gasteiger partial charge in [-0.05, 0) is 43.0 Å². The van der Waals surface area contributed by atoms with Gasteiger partial charge in [0.1, 0.15) is 11.6 Å². The van der Waals surface area contributed by atoms with Crippen LogP contribution in [0.4, 0.5) is 11.6 Å². The molecule has 1 amide bonds. The van der Waals surface area contributed by atoms with Crippen molar-refractivity contribution in [1.29, 1.82) is 0 Å². The van der Waals surface area contributed by atoms with Gasteiger partial charge in [0.15, 0.2) is 0 Å². The van der Waals surface area contributed by atoms with Crippen molar-refractivity contribution in [3.8, 4) is 0 Å². The Morgan fingerprint density at radius 3 is 2.26 bits per heavy atom. The molecule has 2 aliphatic heterocycles. The van der Waals surface area contributed by atoms with E-state index in [4.69, 9.17) is 4.98 Å². The summed E-state index contributed by atoms with van der Waals surface area (Å²) in [5.41, 5.74) is 1.40. The number of rotatable bonds is 3. The summed E-state index contributed by atoms with van der Waals surface area (Å²) in [5, 5.41) is 3.65. The molecule has 6 nitrogen and oxygen atoms in total. The van der Waals surface area contributed by atoms with Gasteiger partial charge in [-0.15, -0.1) is 0 Å². The largest absolute Gasteiger partial charge is 0.367 e. The van der Waals surface area contributed by atoms with Gasteiger partial charge in [-0.1, -0.05) is 20.8 Å². The van der Waals surface area contributed by atoms with E-state index in [1.54, 1.807) is 6.92 Å². The fourth-order valence-electron chi connectivity index (χ4n) is 3.77. The lowest BCUT2D eigenvalue weighted by molar-refractivity contribution is -0.129. The lowest BCUT2D eigenvalue weighted by atomic mass is 9.87. The summed E-state index contributed by atoms with van der Waals surface area (Å²) >= 11 is 0. The van der Waals surface area contributed by atoms with Gasteiger partial charge in [-0.3, -0.25) is 4.79 Å². The Kier molecular flexibility index (Phi) is 5.94. The maximum Gasteiger partial charge on any atom is 0.219 e. The third kappa shape index (κ3) is 5.12. The zero-order chi connectivity index (χ0) is 19.6. The molecule has 150 valence electrons. The lowest BCUT2D eigenvalue weighted by Gasteiger charge is -2.35. The molecule has 2 saturated heterocycles. The first kappa shape index (κ1) is 19.9. The van der Waals surface area contributed by atoms with Gasteiger partial charge in [0, 0.05) is 52.2 Å². The Morgan fingerprint density at radius 1 is 1.07 bits per heavy atom. The predicted molar refractivity (Wildman–Crippen MR) is 112 cm³/mol. The van der Waals surface area contributed by atoms with Crippen molar-refractivity contribution >= 4 is 17.5 Å². The minimum absolute atomic E-state index is 0.0820. The molecule has 0 atom stereocenters. The van der Waals surface area contributed by atoms with Crippen molar-refractivity contribution in [3.05, 3.63) is 17.7 Å². The van der Waals surface area contributed by atoms with Crippen molar-refractivity contribution in [2.24, 2.45) is 0 Å². The Hall–Kier alpha value is -1.82. The maximum atomic E-state index is 11.5. The molecule has 1 aromatic rings. The van der Waals surface area contributed by atoms with Crippen LogP contribution in [0.5, 0.6) is 0 Å². The molecular weight excluding hydrogens is 338 g/mol. The van der Waals surface area contributed by atoms with Gasteiger partial charge in [0.2, 0.25) is 5.91 Å². The monoisotopic (exact) mass is 373 g/mol. The van der Waals surface area contributed by atoms with E-state index in [0.29, 0.717) is 6.04 Å². The van der Waals surface area contributed by atoms with E-state index in [-0.39, 0.29) is 11.3 Å². The molecule has 1 N–H and O–H groups in total. The van der Waals surface area contributed by atoms with E-state index in [1.165, 1.54) is 5.56 Å². The van der Waals surface area contributed by atoms with E-state index >= 15 is 0 Å². The Balaban J connectivity index is 1.76. The van der Waals surface area contributed by atoms with Crippen LogP contribution in [0.3, 0.4) is 0 Å². The molecule has 6 heteroatoms. The van der Waals surface area contributed by atoms with Crippen LogP contribution in [0.2, 0.25) is 0 Å². The third-order valence-corrected chi connectivity index (χ3v) is 5.80. The second kappa shape index (κ2) is 8.05. The molecule has 0 aromatic carbocycles. The number of anilines is 2. The van der Waals surface area contributed by atoms with Gasteiger partial charge in [0.05, 0.1) is 0 Å². The number of aromatic nitrogens is 1. The van der Waals surface area contributed by atoms with E-state index in [2.05, 4.69) is 55.1 Å². The first-order valence-electron chi connectivity index (χ1n) is 10.2. The number of pyridine rings is 1. The minimum Gasteiger partial charge on any atom is -0.367 e. The van der Waals surface area contributed by atoms with Gasteiger partial charge in [0.25, 0.3) is 0 Å². The quantitative estimate of drug-likeness (QED) is 0.882. The second-order valence-corrected chi connectivity index (χ2v) is 9.06. The van der Waals surface area contributed by atoms with Gasteiger partial charge >= 0.3 is 0 Å². The number of hydrogen-bond donors (Lipinski definition) is 1. The minimum atomic E-state index is 0.0820. The molecule has 1 aromatic heterocycles. The number of hydrogen-bond acceptors (Lipinski definition) is 5. The molecule has 0 saturated carbocycles. The molecule has 0 bridgehead atoms. The molecule has 3 rings (SSSR count). The maximum absolute atomic E-state index is 11.5. The number of nitrogens with zero attached hydrogens (tertiary/aromatic N) is 4. The highest BCUT2D eigenvalue weighted by Gasteiger charge is 2.24. The average molecular weight is 374 g/mol. The zero-order valence-electron chi connectivity index (χ0n) is 17.6. The van der Waals surface area contributed by atoms with E-state index in [0.717, 1.165) is 63.7 Å². The molecule has 0 aliphatic carbocycles. The van der Waals surface area contributed by atoms with Crippen LogP contribution < -0.4 is 10.2 Å². The molecule has 27 heavy (non-hydrogen) atoms. The molecule has 2 fully saturated rings. The van der Waals surface area contributed by atoms with Crippen molar-refractivity contribution in [2.75, 3.05) is 56.5 Å². The topological polar surface area (TPSA) is 51.7 Å². The summed E-state index contributed by atoms with van der Waals surface area (Å²) in [6.45, 7) is 14.3. The van der Waals surface area contributed by atoms with Crippen LogP contribution in [0.25, 0.3) is 0 Å². The highest BCUT2D eigenvalue weighted by Crippen LogP contribution is 2.29. The number of amides is 1. The number of nitrogens with one attached hydrogen (secondary N) is 1. The van der Waals surface area contributed by atoms with Crippen molar-refractivity contribution in [3.63, 3.8) is 0 Å². The van der Waals surface area contributed by atoms with E-state index in [9.17, 15) is 4.79 Å². The molecule has 0 spiro atoms. The summed E-state index contributed by atoms with van der Waals surface area (Å²) in [5.74, 6) is 2.23. The predicted octanol–water partition coefficient (Wildman–Crippen LogP) is 2.55. The molecule has 0 unspecified atom stereocenters. The highest BCUT2D eigenvalue weighted by molar-refractivity contribution is 5.73. The van der Waals surface area contributed by atoms with Gasteiger partial charge in [-0.2, -0.15) is 0 Å². The third-order valence-electron chi connectivity index (χ3n) is 5.80. The zero-order valence-corrected chi connectivity index (χ0v) is 17.6. The highest BCUT2D eigenvalue weighted by atomic mass is 16.2. The summed E-state index contributed by atoms with van der Waals surface area (Å²) in [7, 11) is 2.18. The number of likely N-dealkylation sites (N-methyl/N-ethyl adjacent to an activating group) is 1. The average Bonchev–Trinajstić information content (AvgIpc) is 2.62. The lowest BCUT2D eigenvalue weighted by Crippen LogP contribution is -2.45. The van der Waals surface area contributed by atoms with E-state index in [1.807, 2.05) is 4.90 Å². The van der Waals surface area contributed by atoms with Crippen LogP contribution in [-0.2, 0) is 10.2 Å². The Bertz CT molecular complexity index is 653. The fourth-order valence-corrected chi connectivity index (χ4v) is 3.77. The first-order valence-corrected chi connectivity index (χ1v) is 10.2.